The number of carbonyl (C=O) groups is 2. The van der Waals surface area contributed by atoms with E-state index in [-0.39, 0.29) is 12.2 Å². The number of alkyl halides is 3. The molecule has 228 valence electrons. The third kappa shape index (κ3) is 7.49. The zero-order valence-electron chi connectivity index (χ0n) is 23.0. The van der Waals surface area contributed by atoms with Crippen LogP contribution in [0.25, 0.3) is 21.9 Å². The van der Waals surface area contributed by atoms with Gasteiger partial charge in [-0.05, 0) is 65.3 Å². The molecule has 14 heteroatoms. The lowest BCUT2D eigenvalue weighted by Crippen LogP contribution is -2.46. The summed E-state index contributed by atoms with van der Waals surface area (Å²) in [6.07, 6.45) is -2.77. The van der Waals surface area contributed by atoms with Crippen LogP contribution in [-0.4, -0.2) is 59.2 Å². The van der Waals surface area contributed by atoms with Crippen molar-refractivity contribution in [1.29, 1.82) is 5.26 Å². The summed E-state index contributed by atoms with van der Waals surface area (Å²) in [6, 6.07) is 23.2. The van der Waals surface area contributed by atoms with E-state index >= 15 is 0 Å². The van der Waals surface area contributed by atoms with Gasteiger partial charge in [-0.2, -0.15) is 22.7 Å². The lowest BCUT2D eigenvalue weighted by molar-refractivity contribution is -0.192. The molecule has 1 atom stereocenters. The lowest BCUT2D eigenvalue weighted by Gasteiger charge is -2.26. The van der Waals surface area contributed by atoms with Crippen molar-refractivity contribution in [2.45, 2.75) is 25.1 Å². The Morgan fingerprint density at radius 3 is 2.39 bits per heavy atom. The zero-order valence-corrected chi connectivity index (χ0v) is 23.8. The predicted octanol–water partition coefficient (Wildman–Crippen LogP) is 4.57. The number of aromatic nitrogens is 1. The van der Waals surface area contributed by atoms with Gasteiger partial charge in [0.2, 0.25) is 15.9 Å². The Labute approximate surface area is 250 Å². The van der Waals surface area contributed by atoms with Crippen LogP contribution in [0, 0.1) is 11.3 Å². The molecule has 1 fully saturated rings. The molecule has 0 bridgehead atoms. The Morgan fingerprint density at radius 2 is 1.77 bits per heavy atom. The number of benzene rings is 3. The SMILES string of the molecule is N#Cc1ccccc1-c1ccc(NC(=O)C(Cc2ccc3ccnc(N)c3c2)N2CCCS2(=O)=O)cc1.O=C(O)C(F)(F)F. The lowest BCUT2D eigenvalue weighted by atomic mass is 10.00. The van der Waals surface area contributed by atoms with Gasteiger partial charge in [-0.15, -0.1) is 0 Å². The molecule has 4 N–H and O–H groups in total. The van der Waals surface area contributed by atoms with E-state index in [0.29, 0.717) is 30.0 Å². The van der Waals surface area contributed by atoms with Crippen molar-refractivity contribution in [1.82, 2.24) is 9.29 Å². The highest BCUT2D eigenvalue weighted by Gasteiger charge is 2.39. The summed E-state index contributed by atoms with van der Waals surface area (Å²) in [4.78, 5) is 26.5. The van der Waals surface area contributed by atoms with Crippen LogP contribution in [0.4, 0.5) is 24.7 Å². The maximum atomic E-state index is 13.5. The van der Waals surface area contributed by atoms with Crippen molar-refractivity contribution >= 4 is 44.2 Å². The molecule has 0 radical (unpaired) electrons. The third-order valence-electron chi connectivity index (χ3n) is 6.83. The van der Waals surface area contributed by atoms with Crippen LogP contribution in [0.5, 0.6) is 0 Å². The number of carboxylic acids is 1. The predicted molar refractivity (Wildman–Crippen MR) is 158 cm³/mol. The molecule has 0 saturated carbocycles. The summed E-state index contributed by atoms with van der Waals surface area (Å²) in [5.74, 6) is -2.76. The second-order valence-corrected chi connectivity index (χ2v) is 11.8. The smallest absolute Gasteiger partial charge is 0.475 e. The van der Waals surface area contributed by atoms with Gasteiger partial charge in [0.15, 0.2) is 0 Å². The molecule has 0 aliphatic carbocycles. The van der Waals surface area contributed by atoms with E-state index < -0.39 is 34.1 Å². The summed E-state index contributed by atoms with van der Waals surface area (Å²) >= 11 is 0. The van der Waals surface area contributed by atoms with Gasteiger partial charge in [-0.25, -0.2) is 18.2 Å². The minimum Gasteiger partial charge on any atom is -0.475 e. The van der Waals surface area contributed by atoms with Crippen molar-refractivity contribution in [2.24, 2.45) is 0 Å². The summed E-state index contributed by atoms with van der Waals surface area (Å²) in [6.45, 7) is 0.293. The number of rotatable bonds is 6. The van der Waals surface area contributed by atoms with Gasteiger partial charge in [-0.1, -0.05) is 42.5 Å². The number of nitrogen functional groups attached to an aromatic ring is 1. The van der Waals surface area contributed by atoms with Crippen LogP contribution in [0.2, 0.25) is 0 Å². The summed E-state index contributed by atoms with van der Waals surface area (Å²) in [5, 5.41) is 21.1. The number of fused-ring (bicyclic) bond motifs is 1. The summed E-state index contributed by atoms with van der Waals surface area (Å²) in [5.41, 5.74) is 9.57. The summed E-state index contributed by atoms with van der Waals surface area (Å²) in [7, 11) is -3.54. The van der Waals surface area contributed by atoms with Gasteiger partial charge in [0.25, 0.3) is 0 Å². The number of carboxylic acid groups (broad SMARTS) is 1. The molecule has 1 amide bonds. The molecule has 44 heavy (non-hydrogen) atoms. The molecule has 1 aliphatic heterocycles. The van der Waals surface area contributed by atoms with Crippen molar-refractivity contribution in [2.75, 3.05) is 23.3 Å². The second kappa shape index (κ2) is 13.1. The van der Waals surface area contributed by atoms with Gasteiger partial charge in [0.1, 0.15) is 11.9 Å². The van der Waals surface area contributed by atoms with Crippen LogP contribution in [0.1, 0.15) is 17.5 Å². The maximum Gasteiger partial charge on any atom is 0.490 e. The fourth-order valence-corrected chi connectivity index (χ4v) is 6.41. The van der Waals surface area contributed by atoms with Crippen molar-refractivity contribution < 1.29 is 36.3 Å². The number of aliphatic carboxylic acids is 1. The first kappa shape index (κ1) is 31.9. The Hall–Kier alpha value is -5.00. The normalized spacial score (nSPS) is 15.0. The number of nitriles is 1. The quantitative estimate of drug-likeness (QED) is 0.280. The third-order valence-corrected chi connectivity index (χ3v) is 8.79. The maximum absolute atomic E-state index is 13.5. The van der Waals surface area contributed by atoms with Gasteiger partial charge >= 0.3 is 12.1 Å². The number of anilines is 2. The van der Waals surface area contributed by atoms with Crippen molar-refractivity contribution in [3.63, 3.8) is 0 Å². The molecule has 1 aromatic heterocycles. The van der Waals surface area contributed by atoms with E-state index in [1.165, 1.54) is 4.31 Å². The Kier molecular flexibility index (Phi) is 9.51. The number of carbonyl (C=O) groups excluding carboxylic acids is 1. The zero-order chi connectivity index (χ0) is 32.1. The standard InChI is InChI=1S/C28H25N5O3S.C2HF3O2/c29-18-22-4-1-2-5-24(22)20-8-10-23(11-9-20)32-28(34)26(33-14-3-15-37(33,35)36)17-19-6-7-21-12-13-31-27(30)25(21)16-19;3-2(4,5)1(6)7/h1-2,4-13,16,26H,3,14-15,17H2,(H2,30,31)(H,32,34);(H,6,7). The molecule has 3 aromatic carbocycles. The molecule has 1 aliphatic rings. The molecule has 10 nitrogen and oxygen atoms in total. The number of hydrogen-bond donors (Lipinski definition) is 3. The van der Waals surface area contributed by atoms with Crippen molar-refractivity contribution in [3.05, 3.63) is 90.1 Å². The first-order valence-electron chi connectivity index (χ1n) is 13.1. The van der Waals surface area contributed by atoms with Crippen LogP contribution >= 0.6 is 0 Å². The number of amides is 1. The number of pyridine rings is 1. The van der Waals surface area contributed by atoms with Crippen molar-refractivity contribution in [3.8, 4) is 17.2 Å². The summed E-state index contributed by atoms with van der Waals surface area (Å²) < 4.78 is 58.6. The Morgan fingerprint density at radius 1 is 1.09 bits per heavy atom. The van der Waals surface area contributed by atoms with E-state index in [2.05, 4.69) is 16.4 Å². The number of nitrogens with one attached hydrogen (secondary N) is 1. The first-order chi connectivity index (χ1) is 20.8. The molecular formula is C30H26F3N5O5S. The van der Waals surface area contributed by atoms with Crippen LogP contribution in [-0.2, 0) is 26.0 Å². The minimum atomic E-state index is -5.08. The highest BCUT2D eigenvalue weighted by atomic mass is 32.2. The Balaban J connectivity index is 0.000000566. The number of nitrogens with zero attached hydrogens (tertiary/aromatic N) is 3. The van der Waals surface area contributed by atoms with Crippen LogP contribution in [0.15, 0.2) is 79.0 Å². The Bertz CT molecular complexity index is 1840. The topological polar surface area (TPSA) is 166 Å². The fourth-order valence-electron chi connectivity index (χ4n) is 4.71. The number of hydrogen-bond acceptors (Lipinski definition) is 7. The fraction of sp³-hybridized carbons (Fsp3) is 0.200. The van der Waals surface area contributed by atoms with E-state index in [4.69, 9.17) is 15.6 Å². The van der Waals surface area contributed by atoms with E-state index in [1.54, 1.807) is 24.4 Å². The molecule has 5 rings (SSSR count). The second-order valence-electron chi connectivity index (χ2n) is 9.78. The largest absolute Gasteiger partial charge is 0.490 e. The average Bonchev–Trinajstić information content (AvgIpc) is 3.34. The molecule has 0 spiro atoms. The molecule has 2 heterocycles. The van der Waals surface area contributed by atoms with Gasteiger partial charge in [-0.3, -0.25) is 4.79 Å². The molecule has 4 aromatic rings. The van der Waals surface area contributed by atoms with Gasteiger partial charge in [0.05, 0.1) is 17.4 Å². The number of nitrogens with two attached hydrogens (primary N) is 1. The van der Waals surface area contributed by atoms with Gasteiger partial charge < -0.3 is 16.2 Å². The van der Waals surface area contributed by atoms with E-state index in [9.17, 15) is 31.6 Å². The first-order valence-corrected chi connectivity index (χ1v) is 14.7. The molecule has 1 saturated heterocycles. The molecule has 1 unspecified atom stereocenters. The number of sulfonamides is 1. The van der Waals surface area contributed by atoms with Crippen LogP contribution < -0.4 is 11.1 Å². The molecular weight excluding hydrogens is 599 g/mol. The van der Waals surface area contributed by atoms with E-state index in [1.807, 2.05) is 54.6 Å². The van der Waals surface area contributed by atoms with E-state index in [0.717, 1.165) is 27.5 Å². The minimum absolute atomic E-state index is 0.0262. The highest BCUT2D eigenvalue weighted by Crippen LogP contribution is 2.27. The monoisotopic (exact) mass is 625 g/mol. The highest BCUT2D eigenvalue weighted by molar-refractivity contribution is 7.89. The van der Waals surface area contributed by atoms with Crippen LogP contribution in [0.3, 0.4) is 0 Å². The van der Waals surface area contributed by atoms with Gasteiger partial charge in [0, 0.05) is 23.8 Å². The number of halogens is 3. The average molecular weight is 626 g/mol.